The van der Waals surface area contributed by atoms with Crippen molar-refractivity contribution in [2.75, 3.05) is 31.2 Å². The minimum Gasteiger partial charge on any atom is -0.491 e. The summed E-state index contributed by atoms with van der Waals surface area (Å²) >= 11 is 8.73. The van der Waals surface area contributed by atoms with Crippen molar-refractivity contribution in [3.63, 3.8) is 0 Å². The Labute approximate surface area is 242 Å². The number of pyridine rings is 1. The quantitative estimate of drug-likeness (QED) is 0.164. The SMILES string of the molecule is [C-]#[N+]c1c(N2CC(F)(F)C2)nc(SCc2csc(-c3ccc(Cl)cc3)n2)c(C#N)c1-c1ccc(OCCO)cc1. The molecule has 0 saturated carbocycles. The number of nitriles is 1. The van der Waals surface area contributed by atoms with E-state index in [1.54, 1.807) is 36.4 Å². The number of hydrogen-bond donors (Lipinski definition) is 1. The molecule has 1 aliphatic rings. The van der Waals surface area contributed by atoms with Gasteiger partial charge in [0.25, 0.3) is 5.92 Å². The molecule has 0 amide bonds. The summed E-state index contributed by atoms with van der Waals surface area (Å²) < 4.78 is 33.0. The molecule has 202 valence electrons. The number of aliphatic hydroxyl groups excluding tert-OH is 1. The highest BCUT2D eigenvalue weighted by molar-refractivity contribution is 7.98. The van der Waals surface area contributed by atoms with Crippen LogP contribution in [-0.2, 0) is 5.75 Å². The summed E-state index contributed by atoms with van der Waals surface area (Å²) in [7, 11) is 0. The first-order chi connectivity index (χ1) is 19.3. The van der Waals surface area contributed by atoms with Gasteiger partial charge in [0.2, 0.25) is 5.69 Å². The maximum absolute atomic E-state index is 13.8. The zero-order chi connectivity index (χ0) is 28.3. The summed E-state index contributed by atoms with van der Waals surface area (Å²) in [5.41, 5.74) is 2.80. The van der Waals surface area contributed by atoms with Crippen LogP contribution in [0.2, 0.25) is 5.02 Å². The Balaban J connectivity index is 1.51. The zero-order valence-corrected chi connectivity index (χ0v) is 23.2. The third kappa shape index (κ3) is 5.88. The van der Waals surface area contributed by atoms with E-state index in [0.29, 0.717) is 32.7 Å². The van der Waals surface area contributed by atoms with E-state index >= 15 is 0 Å². The Morgan fingerprint density at radius 1 is 1.15 bits per heavy atom. The molecule has 1 N–H and O–H groups in total. The second-order valence-electron chi connectivity index (χ2n) is 8.81. The van der Waals surface area contributed by atoms with Gasteiger partial charge >= 0.3 is 0 Å². The first-order valence-corrected chi connectivity index (χ1v) is 14.2. The lowest BCUT2D eigenvalue weighted by Crippen LogP contribution is -2.56. The molecule has 7 nitrogen and oxygen atoms in total. The fraction of sp³-hybridized carbons (Fsp3) is 0.214. The predicted octanol–water partition coefficient (Wildman–Crippen LogP) is 7.07. The highest BCUT2D eigenvalue weighted by Crippen LogP contribution is 2.46. The largest absolute Gasteiger partial charge is 0.491 e. The predicted molar refractivity (Wildman–Crippen MR) is 153 cm³/mol. The fourth-order valence-corrected chi connectivity index (χ4v) is 6.07. The average Bonchev–Trinajstić information content (AvgIpc) is 3.42. The van der Waals surface area contributed by atoms with Crippen LogP contribution >= 0.6 is 34.7 Å². The van der Waals surface area contributed by atoms with Crippen molar-refractivity contribution in [1.29, 1.82) is 5.26 Å². The number of thiazole rings is 1. The smallest absolute Gasteiger partial charge is 0.282 e. The molecule has 0 radical (unpaired) electrons. The van der Waals surface area contributed by atoms with E-state index in [-0.39, 0.29) is 30.3 Å². The lowest BCUT2D eigenvalue weighted by atomic mass is 9.98. The van der Waals surface area contributed by atoms with Crippen molar-refractivity contribution in [2.45, 2.75) is 16.7 Å². The molecule has 3 heterocycles. The number of aliphatic hydroxyl groups is 1. The van der Waals surface area contributed by atoms with Crippen LogP contribution in [0.15, 0.2) is 58.9 Å². The Morgan fingerprint density at radius 2 is 1.85 bits per heavy atom. The first-order valence-electron chi connectivity index (χ1n) is 12.0. The number of aromatic nitrogens is 2. The lowest BCUT2D eigenvalue weighted by molar-refractivity contribution is -0.0266. The van der Waals surface area contributed by atoms with Crippen molar-refractivity contribution >= 4 is 46.2 Å². The number of benzene rings is 2. The van der Waals surface area contributed by atoms with E-state index in [1.165, 1.54) is 28.0 Å². The van der Waals surface area contributed by atoms with Crippen molar-refractivity contribution < 1.29 is 18.6 Å². The summed E-state index contributed by atoms with van der Waals surface area (Å²) in [6, 6.07) is 16.3. The van der Waals surface area contributed by atoms with Gasteiger partial charge in [-0.15, -0.1) is 11.3 Å². The number of anilines is 1. The maximum Gasteiger partial charge on any atom is 0.282 e. The third-order valence-electron chi connectivity index (χ3n) is 5.99. The zero-order valence-electron chi connectivity index (χ0n) is 20.8. The topological polar surface area (TPSA) is 86.6 Å². The van der Waals surface area contributed by atoms with Crippen LogP contribution in [0.25, 0.3) is 26.5 Å². The molecule has 0 bridgehead atoms. The standard InChI is InChI=1S/C28H20ClF2N5O2S2/c1-33-24-23(17-4-8-21(9-5-17)38-11-10-37)22(12-32)27(35-25(24)36-15-28(30,31)16-36)40-14-20-13-39-26(34-20)18-2-6-19(29)7-3-18/h2-9,13,37H,10-11,14-16H2. The van der Waals surface area contributed by atoms with Crippen molar-refractivity contribution in [3.8, 4) is 33.5 Å². The number of halogens is 3. The van der Waals surface area contributed by atoms with Crippen molar-refractivity contribution in [2.24, 2.45) is 0 Å². The molecular weight excluding hydrogens is 576 g/mol. The number of ether oxygens (including phenoxy) is 1. The molecule has 0 unspecified atom stereocenters. The maximum atomic E-state index is 13.8. The molecule has 1 fully saturated rings. The van der Waals surface area contributed by atoms with Crippen molar-refractivity contribution in [3.05, 3.63) is 81.6 Å². The highest BCUT2D eigenvalue weighted by Gasteiger charge is 2.45. The van der Waals surface area contributed by atoms with Crippen LogP contribution in [0.5, 0.6) is 5.75 Å². The van der Waals surface area contributed by atoms with Gasteiger partial charge in [-0.2, -0.15) is 5.26 Å². The van der Waals surface area contributed by atoms with Crippen LogP contribution in [0, 0.1) is 17.9 Å². The summed E-state index contributed by atoms with van der Waals surface area (Å²) in [5.74, 6) is -1.86. The van der Waals surface area contributed by atoms with Gasteiger partial charge < -0.3 is 14.7 Å². The minimum absolute atomic E-state index is 0.0408. The number of thioether (sulfide) groups is 1. The van der Waals surface area contributed by atoms with E-state index in [1.807, 2.05) is 17.5 Å². The number of rotatable bonds is 9. The molecule has 0 aliphatic carbocycles. The number of nitrogens with zero attached hydrogens (tertiary/aromatic N) is 5. The summed E-state index contributed by atoms with van der Waals surface area (Å²) in [4.78, 5) is 14.3. The molecule has 2 aromatic heterocycles. The second kappa shape index (κ2) is 11.8. The van der Waals surface area contributed by atoms with Gasteiger partial charge in [0.05, 0.1) is 37.5 Å². The van der Waals surface area contributed by atoms with Gasteiger partial charge in [0.1, 0.15) is 34.3 Å². The van der Waals surface area contributed by atoms with Gasteiger partial charge in [-0.1, -0.05) is 47.6 Å². The van der Waals surface area contributed by atoms with E-state index in [0.717, 1.165) is 16.3 Å². The molecule has 12 heteroatoms. The summed E-state index contributed by atoms with van der Waals surface area (Å²) in [6.45, 7) is 6.73. The molecule has 0 atom stereocenters. The molecule has 4 aromatic rings. The molecule has 0 spiro atoms. The normalized spacial score (nSPS) is 13.8. The minimum atomic E-state index is -2.87. The summed E-state index contributed by atoms with van der Waals surface area (Å²) in [6.07, 6.45) is 0. The Morgan fingerprint density at radius 3 is 2.48 bits per heavy atom. The van der Waals surface area contributed by atoms with Crippen LogP contribution in [0.1, 0.15) is 11.3 Å². The number of hydrogen-bond acceptors (Lipinski definition) is 8. The Hall–Kier alpha value is -3.74. The monoisotopic (exact) mass is 595 g/mol. The summed E-state index contributed by atoms with van der Waals surface area (Å²) in [5, 5.41) is 22.9. The van der Waals surface area contributed by atoms with E-state index in [2.05, 4.69) is 20.9 Å². The van der Waals surface area contributed by atoms with E-state index in [4.69, 9.17) is 28.0 Å². The van der Waals surface area contributed by atoms with Crippen LogP contribution in [-0.4, -0.2) is 47.3 Å². The van der Waals surface area contributed by atoms with Crippen LogP contribution < -0.4 is 9.64 Å². The first kappa shape index (κ1) is 27.8. The van der Waals surface area contributed by atoms with E-state index in [9.17, 15) is 14.0 Å². The number of alkyl halides is 2. The Kier molecular flexibility index (Phi) is 8.19. The van der Waals surface area contributed by atoms with Gasteiger partial charge in [0, 0.05) is 27.3 Å². The molecule has 1 aliphatic heterocycles. The fourth-order valence-electron chi connectivity index (χ4n) is 4.14. The Bertz CT molecular complexity index is 1610. The molecular formula is C28H20ClF2N5O2S2. The lowest BCUT2D eigenvalue weighted by Gasteiger charge is -2.40. The third-order valence-corrected chi connectivity index (χ3v) is 8.19. The van der Waals surface area contributed by atoms with Gasteiger partial charge in [-0.25, -0.2) is 23.6 Å². The molecule has 5 rings (SSSR count). The highest BCUT2D eigenvalue weighted by atomic mass is 35.5. The van der Waals surface area contributed by atoms with Crippen LogP contribution in [0.4, 0.5) is 20.3 Å². The van der Waals surface area contributed by atoms with Crippen molar-refractivity contribution in [1.82, 2.24) is 9.97 Å². The molecule has 2 aromatic carbocycles. The van der Waals surface area contributed by atoms with Crippen LogP contribution in [0.3, 0.4) is 0 Å². The second-order valence-corrected chi connectivity index (χ2v) is 11.1. The molecule has 1 saturated heterocycles. The molecule has 40 heavy (non-hydrogen) atoms. The average molecular weight is 596 g/mol. The van der Waals surface area contributed by atoms with Gasteiger partial charge in [-0.3, -0.25) is 0 Å². The van der Waals surface area contributed by atoms with Gasteiger partial charge in [0.15, 0.2) is 0 Å². The van der Waals surface area contributed by atoms with Gasteiger partial charge in [-0.05, 0) is 29.8 Å². The van der Waals surface area contributed by atoms with E-state index < -0.39 is 19.0 Å².